The molecule has 0 aliphatic carbocycles. The monoisotopic (exact) mass is 284 g/mol. The minimum Gasteiger partial charge on any atom is -0.369 e. The largest absolute Gasteiger partial charge is 0.369 e. The lowest BCUT2D eigenvalue weighted by Crippen LogP contribution is -2.31. The van der Waals surface area contributed by atoms with Gasteiger partial charge in [-0.1, -0.05) is 30.3 Å². The van der Waals surface area contributed by atoms with Crippen LogP contribution in [-0.2, 0) is 0 Å². The van der Waals surface area contributed by atoms with Crippen LogP contribution in [0.3, 0.4) is 0 Å². The average Bonchev–Trinajstić information content (AvgIpc) is 2.74. The number of hydrogen-bond donors (Lipinski definition) is 1. The first kappa shape index (κ1) is 14.1. The van der Waals surface area contributed by atoms with Crippen LogP contribution in [0.1, 0.15) is 23.6 Å². The van der Waals surface area contributed by atoms with Gasteiger partial charge in [0, 0.05) is 24.8 Å². The topological polar surface area (TPSA) is 15.3 Å². The summed E-state index contributed by atoms with van der Waals surface area (Å²) < 4.78 is 13.3. The van der Waals surface area contributed by atoms with Gasteiger partial charge in [0.1, 0.15) is 5.82 Å². The average molecular weight is 284 g/mol. The Morgan fingerprint density at radius 2 is 1.95 bits per heavy atom. The van der Waals surface area contributed by atoms with Crippen molar-refractivity contribution in [1.29, 1.82) is 0 Å². The summed E-state index contributed by atoms with van der Waals surface area (Å²) >= 11 is 0. The van der Waals surface area contributed by atoms with Crippen molar-refractivity contribution in [2.75, 3.05) is 24.5 Å². The third-order valence-corrected chi connectivity index (χ3v) is 4.10. The number of nitrogens with one attached hydrogen (secondary N) is 1. The van der Waals surface area contributed by atoms with Crippen LogP contribution in [0.15, 0.2) is 48.5 Å². The standard InChI is InChI=1S/C18H21FN2/c1-14-12-16(19)8-9-18(14)21-11-5-10-20-17(13-21)15-6-3-2-4-7-15/h2-4,6-9,12,17,20H,5,10-11,13H2,1H3. The molecular formula is C18H21FN2. The van der Waals surface area contributed by atoms with Crippen molar-refractivity contribution in [3.05, 3.63) is 65.5 Å². The summed E-state index contributed by atoms with van der Waals surface area (Å²) in [6, 6.07) is 15.9. The van der Waals surface area contributed by atoms with Gasteiger partial charge >= 0.3 is 0 Å². The number of anilines is 1. The summed E-state index contributed by atoms with van der Waals surface area (Å²) in [5, 5.41) is 3.61. The van der Waals surface area contributed by atoms with Crippen LogP contribution in [0, 0.1) is 12.7 Å². The zero-order valence-corrected chi connectivity index (χ0v) is 12.3. The Hall–Kier alpha value is -1.87. The number of aryl methyl sites for hydroxylation is 1. The minimum absolute atomic E-state index is 0.163. The molecule has 3 heteroatoms. The highest BCUT2D eigenvalue weighted by molar-refractivity contribution is 5.53. The first-order valence-corrected chi connectivity index (χ1v) is 7.53. The number of rotatable bonds is 2. The van der Waals surface area contributed by atoms with Gasteiger partial charge in [0.15, 0.2) is 0 Å². The molecule has 110 valence electrons. The Bertz CT molecular complexity index is 597. The van der Waals surface area contributed by atoms with Crippen LogP contribution in [-0.4, -0.2) is 19.6 Å². The van der Waals surface area contributed by atoms with E-state index in [1.165, 1.54) is 5.56 Å². The quantitative estimate of drug-likeness (QED) is 0.905. The predicted molar refractivity (Wildman–Crippen MR) is 85.2 cm³/mol. The van der Waals surface area contributed by atoms with E-state index in [4.69, 9.17) is 0 Å². The highest BCUT2D eigenvalue weighted by Crippen LogP contribution is 2.25. The number of benzene rings is 2. The molecule has 1 aliphatic heterocycles. The third-order valence-electron chi connectivity index (χ3n) is 4.10. The second-order valence-corrected chi connectivity index (χ2v) is 5.65. The maximum Gasteiger partial charge on any atom is 0.123 e. The number of hydrogen-bond acceptors (Lipinski definition) is 2. The lowest BCUT2D eigenvalue weighted by Gasteiger charge is -2.28. The van der Waals surface area contributed by atoms with Gasteiger partial charge in [-0.25, -0.2) is 4.39 Å². The fraction of sp³-hybridized carbons (Fsp3) is 0.333. The van der Waals surface area contributed by atoms with Crippen molar-refractivity contribution in [2.45, 2.75) is 19.4 Å². The Balaban J connectivity index is 1.85. The van der Waals surface area contributed by atoms with E-state index in [0.29, 0.717) is 6.04 Å². The van der Waals surface area contributed by atoms with Gasteiger partial charge in [-0.05, 0) is 49.2 Å². The molecule has 1 heterocycles. The van der Waals surface area contributed by atoms with Gasteiger partial charge < -0.3 is 10.2 Å². The van der Waals surface area contributed by atoms with Crippen LogP contribution in [0.4, 0.5) is 10.1 Å². The van der Waals surface area contributed by atoms with Crippen LogP contribution >= 0.6 is 0 Å². The zero-order chi connectivity index (χ0) is 14.7. The Labute approximate surface area is 125 Å². The van der Waals surface area contributed by atoms with E-state index in [0.717, 1.165) is 37.3 Å². The highest BCUT2D eigenvalue weighted by atomic mass is 19.1. The van der Waals surface area contributed by atoms with Crippen molar-refractivity contribution >= 4 is 5.69 Å². The van der Waals surface area contributed by atoms with E-state index in [-0.39, 0.29) is 5.82 Å². The summed E-state index contributed by atoms with van der Waals surface area (Å²) in [6.07, 6.45) is 1.10. The van der Waals surface area contributed by atoms with Crippen LogP contribution in [0.25, 0.3) is 0 Å². The molecule has 1 fully saturated rings. The lowest BCUT2D eigenvalue weighted by molar-refractivity contribution is 0.569. The molecule has 2 nitrogen and oxygen atoms in total. The molecule has 0 amide bonds. The van der Waals surface area contributed by atoms with E-state index in [9.17, 15) is 4.39 Å². The Kier molecular flexibility index (Phi) is 4.20. The molecule has 2 aromatic rings. The smallest absolute Gasteiger partial charge is 0.123 e. The molecule has 1 N–H and O–H groups in total. The lowest BCUT2D eigenvalue weighted by atomic mass is 10.1. The van der Waals surface area contributed by atoms with Gasteiger partial charge in [0.25, 0.3) is 0 Å². The highest BCUT2D eigenvalue weighted by Gasteiger charge is 2.20. The molecule has 2 aromatic carbocycles. The third kappa shape index (κ3) is 3.24. The van der Waals surface area contributed by atoms with E-state index in [2.05, 4.69) is 34.5 Å². The summed E-state index contributed by atoms with van der Waals surface area (Å²) in [5.41, 5.74) is 3.45. The second-order valence-electron chi connectivity index (χ2n) is 5.65. The minimum atomic E-state index is -0.163. The first-order valence-electron chi connectivity index (χ1n) is 7.53. The zero-order valence-electron chi connectivity index (χ0n) is 12.3. The maximum atomic E-state index is 13.3. The molecule has 1 saturated heterocycles. The molecule has 3 rings (SSSR count). The first-order chi connectivity index (χ1) is 10.2. The molecule has 21 heavy (non-hydrogen) atoms. The molecule has 1 aliphatic rings. The van der Waals surface area contributed by atoms with E-state index in [1.807, 2.05) is 19.1 Å². The summed E-state index contributed by atoms with van der Waals surface area (Å²) in [4.78, 5) is 2.37. The molecule has 0 saturated carbocycles. The molecule has 0 aromatic heterocycles. The summed E-state index contributed by atoms with van der Waals surface area (Å²) in [7, 11) is 0. The van der Waals surface area contributed by atoms with Gasteiger partial charge in [-0.2, -0.15) is 0 Å². The predicted octanol–water partition coefficient (Wildman–Crippen LogP) is 3.68. The van der Waals surface area contributed by atoms with Crippen molar-refractivity contribution in [3.8, 4) is 0 Å². The maximum absolute atomic E-state index is 13.3. The van der Waals surface area contributed by atoms with Crippen LogP contribution in [0.5, 0.6) is 0 Å². The Morgan fingerprint density at radius 1 is 1.14 bits per heavy atom. The summed E-state index contributed by atoms with van der Waals surface area (Å²) in [6.45, 7) is 4.91. The second kappa shape index (κ2) is 6.27. The van der Waals surface area contributed by atoms with Crippen molar-refractivity contribution in [3.63, 3.8) is 0 Å². The summed E-state index contributed by atoms with van der Waals surface area (Å²) in [5.74, 6) is -0.163. The van der Waals surface area contributed by atoms with E-state index < -0.39 is 0 Å². The van der Waals surface area contributed by atoms with Gasteiger partial charge in [0.2, 0.25) is 0 Å². The molecule has 0 bridgehead atoms. The van der Waals surface area contributed by atoms with Crippen molar-refractivity contribution in [1.82, 2.24) is 5.32 Å². The van der Waals surface area contributed by atoms with Crippen LogP contribution < -0.4 is 10.2 Å². The van der Waals surface area contributed by atoms with Crippen molar-refractivity contribution in [2.24, 2.45) is 0 Å². The fourth-order valence-electron chi connectivity index (χ4n) is 3.02. The van der Waals surface area contributed by atoms with Gasteiger partial charge in [-0.3, -0.25) is 0 Å². The van der Waals surface area contributed by atoms with Gasteiger partial charge in [-0.15, -0.1) is 0 Å². The SMILES string of the molecule is Cc1cc(F)ccc1N1CCCNC(c2ccccc2)C1. The van der Waals surface area contributed by atoms with Gasteiger partial charge in [0.05, 0.1) is 0 Å². The van der Waals surface area contributed by atoms with E-state index >= 15 is 0 Å². The number of nitrogens with zero attached hydrogens (tertiary/aromatic N) is 1. The fourth-order valence-corrected chi connectivity index (χ4v) is 3.02. The number of halogens is 1. The molecule has 0 radical (unpaired) electrons. The van der Waals surface area contributed by atoms with Crippen molar-refractivity contribution < 1.29 is 4.39 Å². The van der Waals surface area contributed by atoms with E-state index in [1.54, 1.807) is 12.1 Å². The molecule has 0 spiro atoms. The molecule has 1 atom stereocenters. The van der Waals surface area contributed by atoms with Crippen LogP contribution in [0.2, 0.25) is 0 Å². The molecule has 1 unspecified atom stereocenters. The molecular weight excluding hydrogens is 263 g/mol. The normalized spacial score (nSPS) is 19.3. The Morgan fingerprint density at radius 3 is 2.71 bits per heavy atom.